The van der Waals surface area contributed by atoms with E-state index < -0.39 is 0 Å². The molecule has 0 amide bonds. The van der Waals surface area contributed by atoms with E-state index in [4.69, 9.17) is 23.4 Å². The van der Waals surface area contributed by atoms with Crippen LogP contribution in [-0.4, -0.2) is 31.8 Å². The second-order valence-electron chi connectivity index (χ2n) is 7.45. The van der Waals surface area contributed by atoms with Gasteiger partial charge >= 0.3 is 0 Å². The first-order chi connectivity index (χ1) is 16.6. The Kier molecular flexibility index (Phi) is 7.25. The van der Waals surface area contributed by atoms with Crippen LogP contribution in [0.5, 0.6) is 17.2 Å². The van der Waals surface area contributed by atoms with Gasteiger partial charge in [0.15, 0.2) is 12.6 Å². The van der Waals surface area contributed by atoms with Crippen molar-refractivity contribution in [2.75, 3.05) is 21.0 Å². The normalized spacial score (nSPS) is 10.7. The van der Waals surface area contributed by atoms with E-state index in [0.29, 0.717) is 45.7 Å². The first kappa shape index (κ1) is 23.1. The molecular weight excluding hydrogens is 434 g/mol. The number of oxazole rings is 1. The molecule has 0 radical (unpaired) electrons. The van der Waals surface area contributed by atoms with Crippen LogP contribution in [0.3, 0.4) is 0 Å². The fraction of sp³-hybridized carbons (Fsp3) is 0.185. The number of benzene rings is 3. The van der Waals surface area contributed by atoms with Gasteiger partial charge in [-0.15, -0.1) is 0 Å². The van der Waals surface area contributed by atoms with Crippen LogP contribution in [0.15, 0.2) is 77.2 Å². The molecule has 4 aromatic rings. The minimum Gasteiger partial charge on any atom is -0.497 e. The Bertz CT molecular complexity index is 1270. The van der Waals surface area contributed by atoms with Crippen LogP contribution in [0, 0.1) is 6.92 Å². The highest BCUT2D eigenvalue weighted by Crippen LogP contribution is 2.28. The monoisotopic (exact) mass is 459 g/mol. The zero-order valence-electron chi connectivity index (χ0n) is 19.2. The Morgan fingerprint density at radius 3 is 2.50 bits per heavy atom. The molecule has 0 fully saturated rings. The van der Waals surface area contributed by atoms with E-state index in [9.17, 15) is 4.79 Å². The molecule has 7 nitrogen and oxygen atoms in total. The zero-order valence-corrected chi connectivity index (χ0v) is 19.2. The standard InChI is InChI=1S/C27H25NO6/c1-18-24(28-27(34-18)19-8-5-4-6-9-19)16-32-22-11-7-10-20(14-22)26(29)23-13-12-21(31-3)15-25(23)33-17-30-2/h4-15H,16-17H2,1-3H3. The minimum atomic E-state index is -0.205. The van der Waals surface area contributed by atoms with Crippen molar-refractivity contribution in [2.45, 2.75) is 13.5 Å². The average molecular weight is 459 g/mol. The number of carbonyl (C=O) groups excluding carboxylic acids is 1. The van der Waals surface area contributed by atoms with Gasteiger partial charge in [-0.2, -0.15) is 0 Å². The molecule has 0 saturated heterocycles. The third kappa shape index (κ3) is 5.27. The lowest BCUT2D eigenvalue weighted by molar-refractivity contribution is 0.0502. The highest BCUT2D eigenvalue weighted by molar-refractivity contribution is 6.11. The van der Waals surface area contributed by atoms with Crippen molar-refractivity contribution in [1.29, 1.82) is 0 Å². The van der Waals surface area contributed by atoms with Gasteiger partial charge < -0.3 is 23.4 Å². The molecule has 1 heterocycles. The van der Waals surface area contributed by atoms with Crippen molar-refractivity contribution >= 4 is 5.78 Å². The molecule has 174 valence electrons. The summed E-state index contributed by atoms with van der Waals surface area (Å²) in [7, 11) is 3.07. The highest BCUT2D eigenvalue weighted by atomic mass is 16.7. The fourth-order valence-electron chi connectivity index (χ4n) is 3.36. The van der Waals surface area contributed by atoms with Crippen LogP contribution in [0.2, 0.25) is 0 Å². The molecular formula is C27H25NO6. The summed E-state index contributed by atoms with van der Waals surface area (Å²) in [5, 5.41) is 0. The maximum atomic E-state index is 13.2. The van der Waals surface area contributed by atoms with E-state index in [2.05, 4.69) is 4.98 Å². The smallest absolute Gasteiger partial charge is 0.226 e. The number of aromatic nitrogens is 1. The molecule has 3 aromatic carbocycles. The zero-order chi connectivity index (χ0) is 23.9. The number of rotatable bonds is 10. The van der Waals surface area contributed by atoms with Crippen LogP contribution in [-0.2, 0) is 11.3 Å². The lowest BCUT2D eigenvalue weighted by Crippen LogP contribution is -2.08. The van der Waals surface area contributed by atoms with Gasteiger partial charge in [-0.3, -0.25) is 4.79 Å². The third-order valence-corrected chi connectivity index (χ3v) is 5.15. The number of ether oxygens (including phenoxy) is 4. The molecule has 0 aliphatic heterocycles. The summed E-state index contributed by atoms with van der Waals surface area (Å²) in [5.41, 5.74) is 2.46. The van der Waals surface area contributed by atoms with Crippen LogP contribution >= 0.6 is 0 Å². The van der Waals surface area contributed by atoms with E-state index >= 15 is 0 Å². The van der Waals surface area contributed by atoms with Crippen molar-refractivity contribution in [3.63, 3.8) is 0 Å². The molecule has 0 atom stereocenters. The average Bonchev–Trinajstić information content (AvgIpc) is 3.26. The number of aryl methyl sites for hydroxylation is 1. The molecule has 0 bridgehead atoms. The largest absolute Gasteiger partial charge is 0.497 e. The van der Waals surface area contributed by atoms with E-state index in [1.807, 2.05) is 37.3 Å². The summed E-state index contributed by atoms with van der Waals surface area (Å²) < 4.78 is 27.5. The van der Waals surface area contributed by atoms with Crippen molar-refractivity contribution in [3.05, 3.63) is 95.4 Å². The van der Waals surface area contributed by atoms with Gasteiger partial charge in [0.25, 0.3) is 0 Å². The molecule has 34 heavy (non-hydrogen) atoms. The van der Waals surface area contributed by atoms with Crippen molar-refractivity contribution in [2.24, 2.45) is 0 Å². The molecule has 0 N–H and O–H groups in total. The topological polar surface area (TPSA) is 80.0 Å². The maximum absolute atomic E-state index is 13.2. The van der Waals surface area contributed by atoms with Gasteiger partial charge in [0.1, 0.15) is 35.3 Å². The summed E-state index contributed by atoms with van der Waals surface area (Å²) >= 11 is 0. The number of nitrogens with zero attached hydrogens (tertiary/aromatic N) is 1. The Morgan fingerprint density at radius 2 is 1.74 bits per heavy atom. The van der Waals surface area contributed by atoms with Crippen molar-refractivity contribution in [3.8, 4) is 28.7 Å². The summed E-state index contributed by atoms with van der Waals surface area (Å²) in [6.07, 6.45) is 0. The second kappa shape index (κ2) is 10.7. The predicted octanol–water partition coefficient (Wildman–Crippen LogP) is 5.45. The number of ketones is 1. The Morgan fingerprint density at radius 1 is 0.912 bits per heavy atom. The third-order valence-electron chi connectivity index (χ3n) is 5.15. The molecule has 0 saturated carbocycles. The molecule has 0 spiro atoms. The van der Waals surface area contributed by atoms with Gasteiger partial charge in [-0.05, 0) is 43.3 Å². The first-order valence-corrected chi connectivity index (χ1v) is 10.7. The number of hydrogen-bond donors (Lipinski definition) is 0. The number of hydrogen-bond acceptors (Lipinski definition) is 7. The Hall–Kier alpha value is -4.10. The number of carbonyl (C=O) groups is 1. The second-order valence-corrected chi connectivity index (χ2v) is 7.45. The molecule has 0 aliphatic carbocycles. The summed E-state index contributed by atoms with van der Waals surface area (Å²) in [6, 6.07) is 21.7. The minimum absolute atomic E-state index is 0.0125. The Balaban J connectivity index is 1.51. The van der Waals surface area contributed by atoms with E-state index in [1.54, 1.807) is 49.6 Å². The van der Waals surface area contributed by atoms with Crippen molar-refractivity contribution < 1.29 is 28.2 Å². The summed E-state index contributed by atoms with van der Waals surface area (Å²) in [4.78, 5) is 17.8. The SMILES string of the molecule is COCOc1cc(OC)ccc1C(=O)c1cccc(OCc2nc(-c3ccccc3)oc2C)c1. The highest BCUT2D eigenvalue weighted by Gasteiger charge is 2.17. The molecule has 0 unspecified atom stereocenters. The molecule has 0 aliphatic rings. The van der Waals surface area contributed by atoms with Crippen molar-refractivity contribution in [1.82, 2.24) is 4.98 Å². The van der Waals surface area contributed by atoms with Crippen LogP contribution in [0.25, 0.3) is 11.5 Å². The summed E-state index contributed by atoms with van der Waals surface area (Å²) in [6.45, 7) is 2.08. The lowest BCUT2D eigenvalue weighted by Gasteiger charge is -2.12. The van der Waals surface area contributed by atoms with E-state index in [-0.39, 0.29) is 19.2 Å². The predicted molar refractivity (Wildman–Crippen MR) is 126 cm³/mol. The van der Waals surface area contributed by atoms with Crippen LogP contribution in [0.4, 0.5) is 0 Å². The van der Waals surface area contributed by atoms with Gasteiger partial charge in [0.05, 0.1) is 12.7 Å². The Labute approximate surface area is 197 Å². The summed E-state index contributed by atoms with van der Waals surface area (Å²) in [5.74, 6) is 2.53. The van der Waals surface area contributed by atoms with Gasteiger partial charge in [0, 0.05) is 24.3 Å². The quantitative estimate of drug-likeness (QED) is 0.230. The van der Waals surface area contributed by atoms with E-state index in [0.717, 1.165) is 5.56 Å². The molecule has 7 heteroatoms. The first-order valence-electron chi connectivity index (χ1n) is 10.7. The van der Waals surface area contributed by atoms with Crippen LogP contribution in [0.1, 0.15) is 27.4 Å². The lowest BCUT2D eigenvalue weighted by atomic mass is 10.0. The van der Waals surface area contributed by atoms with E-state index in [1.165, 1.54) is 7.11 Å². The fourth-order valence-corrected chi connectivity index (χ4v) is 3.36. The maximum Gasteiger partial charge on any atom is 0.226 e. The number of methoxy groups -OCH3 is 2. The van der Waals surface area contributed by atoms with Gasteiger partial charge in [-0.25, -0.2) is 4.98 Å². The van der Waals surface area contributed by atoms with Gasteiger partial charge in [-0.1, -0.05) is 30.3 Å². The molecule has 4 rings (SSSR count). The van der Waals surface area contributed by atoms with Crippen LogP contribution < -0.4 is 14.2 Å². The molecule has 1 aromatic heterocycles. The van der Waals surface area contributed by atoms with Gasteiger partial charge in [0.2, 0.25) is 5.89 Å².